The molecule has 2 rings (SSSR count). The van der Waals surface area contributed by atoms with Crippen LogP contribution in [0, 0.1) is 0 Å². The van der Waals surface area contributed by atoms with E-state index < -0.39 is 18.2 Å². The van der Waals surface area contributed by atoms with Gasteiger partial charge in [0.15, 0.2) is 11.5 Å². The number of aromatic nitrogens is 2. The van der Waals surface area contributed by atoms with Crippen molar-refractivity contribution >= 4 is 22.5 Å². The first-order valence-corrected chi connectivity index (χ1v) is 5.94. The summed E-state index contributed by atoms with van der Waals surface area (Å²) in [4.78, 5) is 6.71. The number of ether oxygens (including phenoxy) is 2. The molecular formula is C12H9ClF4N2O2. The Kier molecular flexibility index (Phi) is 4.08. The molecule has 1 aromatic heterocycles. The Balaban J connectivity index is 2.71. The van der Waals surface area contributed by atoms with E-state index in [1.807, 2.05) is 0 Å². The summed E-state index contributed by atoms with van der Waals surface area (Å²) in [7, 11) is 2.71. The number of halogens is 5. The number of methoxy groups -OCH3 is 2. The number of hydrogen-bond acceptors (Lipinski definition) is 4. The van der Waals surface area contributed by atoms with E-state index >= 15 is 0 Å². The molecule has 0 spiro atoms. The van der Waals surface area contributed by atoms with Gasteiger partial charge in [0.1, 0.15) is 5.15 Å². The van der Waals surface area contributed by atoms with Gasteiger partial charge in [0.25, 0.3) is 0 Å². The van der Waals surface area contributed by atoms with Gasteiger partial charge < -0.3 is 9.47 Å². The SMILES string of the molecule is COc1cc2nc(C(F)(F)C(F)F)nc(Cl)c2cc1OC. The second-order valence-electron chi connectivity index (χ2n) is 3.99. The predicted molar refractivity (Wildman–Crippen MR) is 67.6 cm³/mol. The molecule has 0 aliphatic carbocycles. The first-order valence-electron chi connectivity index (χ1n) is 5.57. The van der Waals surface area contributed by atoms with Gasteiger partial charge in [-0.1, -0.05) is 11.6 Å². The highest BCUT2D eigenvalue weighted by molar-refractivity contribution is 6.34. The summed E-state index contributed by atoms with van der Waals surface area (Å²) in [6.07, 6.45) is -3.94. The zero-order chi connectivity index (χ0) is 15.8. The molecule has 4 nitrogen and oxygen atoms in total. The Labute approximate surface area is 121 Å². The molecule has 21 heavy (non-hydrogen) atoms. The molecule has 1 heterocycles. The van der Waals surface area contributed by atoms with E-state index in [4.69, 9.17) is 21.1 Å². The van der Waals surface area contributed by atoms with Crippen LogP contribution in [0.2, 0.25) is 5.15 Å². The zero-order valence-electron chi connectivity index (χ0n) is 10.8. The molecule has 0 fully saturated rings. The standard InChI is InChI=1S/C12H9ClF4N2O2/c1-20-7-3-5-6(4-8(7)21-2)18-11(19-9(5)13)12(16,17)10(14)15/h3-4,10H,1-2H3. The van der Waals surface area contributed by atoms with Crippen LogP contribution in [-0.4, -0.2) is 30.6 Å². The van der Waals surface area contributed by atoms with Crippen LogP contribution in [0.1, 0.15) is 5.82 Å². The smallest absolute Gasteiger partial charge is 0.365 e. The monoisotopic (exact) mass is 324 g/mol. The van der Waals surface area contributed by atoms with Crippen molar-refractivity contribution in [3.8, 4) is 11.5 Å². The van der Waals surface area contributed by atoms with Crippen LogP contribution in [0.15, 0.2) is 12.1 Å². The molecule has 1 aromatic carbocycles. The molecule has 0 aliphatic heterocycles. The normalized spacial score (nSPS) is 12.0. The van der Waals surface area contributed by atoms with Gasteiger partial charge >= 0.3 is 12.3 Å². The van der Waals surface area contributed by atoms with Gasteiger partial charge in [0.2, 0.25) is 5.82 Å². The van der Waals surface area contributed by atoms with Gasteiger partial charge in [0, 0.05) is 11.5 Å². The van der Waals surface area contributed by atoms with Crippen molar-refractivity contribution in [2.75, 3.05) is 14.2 Å². The average Bonchev–Trinajstić information content (AvgIpc) is 2.45. The quantitative estimate of drug-likeness (QED) is 0.636. The van der Waals surface area contributed by atoms with Crippen LogP contribution in [0.3, 0.4) is 0 Å². The maximum atomic E-state index is 13.3. The molecule has 0 atom stereocenters. The van der Waals surface area contributed by atoms with E-state index in [9.17, 15) is 17.6 Å². The highest BCUT2D eigenvalue weighted by Gasteiger charge is 2.46. The summed E-state index contributed by atoms with van der Waals surface area (Å²) in [5.41, 5.74) is -0.0528. The molecule has 114 valence electrons. The molecule has 0 amide bonds. The average molecular weight is 325 g/mol. The van der Waals surface area contributed by atoms with Gasteiger partial charge in [-0.05, 0) is 6.07 Å². The number of nitrogens with zero attached hydrogens (tertiary/aromatic N) is 2. The Hall–Kier alpha value is -1.83. The lowest BCUT2D eigenvalue weighted by Crippen LogP contribution is -2.26. The summed E-state index contributed by atoms with van der Waals surface area (Å²) < 4.78 is 61.4. The van der Waals surface area contributed by atoms with E-state index in [-0.39, 0.29) is 27.6 Å². The minimum absolute atomic E-state index is 0.0528. The fourth-order valence-corrected chi connectivity index (χ4v) is 1.90. The molecule has 0 N–H and O–H groups in total. The molecular weight excluding hydrogens is 316 g/mol. The number of alkyl halides is 4. The first kappa shape index (κ1) is 15.6. The predicted octanol–water partition coefficient (Wildman–Crippen LogP) is 3.66. The lowest BCUT2D eigenvalue weighted by Gasteiger charge is -2.15. The van der Waals surface area contributed by atoms with E-state index in [1.165, 1.54) is 26.4 Å². The van der Waals surface area contributed by atoms with Crippen molar-refractivity contribution in [3.63, 3.8) is 0 Å². The van der Waals surface area contributed by atoms with Gasteiger partial charge in [-0.3, -0.25) is 0 Å². The highest BCUT2D eigenvalue weighted by atomic mass is 35.5. The summed E-state index contributed by atoms with van der Waals surface area (Å²) in [6, 6.07) is 2.63. The van der Waals surface area contributed by atoms with Crippen molar-refractivity contribution < 1.29 is 27.0 Å². The van der Waals surface area contributed by atoms with E-state index in [2.05, 4.69) is 9.97 Å². The first-order chi connectivity index (χ1) is 9.81. The summed E-state index contributed by atoms with van der Waals surface area (Å²) in [6.45, 7) is 0. The Morgan fingerprint density at radius 3 is 2.19 bits per heavy atom. The molecule has 0 saturated carbocycles. The number of hydrogen-bond donors (Lipinski definition) is 0. The van der Waals surface area contributed by atoms with E-state index in [1.54, 1.807) is 0 Å². The maximum Gasteiger partial charge on any atom is 0.365 e. The Morgan fingerprint density at radius 1 is 1.10 bits per heavy atom. The number of fused-ring (bicyclic) bond motifs is 1. The number of benzene rings is 1. The van der Waals surface area contributed by atoms with Crippen molar-refractivity contribution in [1.82, 2.24) is 9.97 Å². The summed E-state index contributed by atoms with van der Waals surface area (Å²) in [5, 5.41) is -0.195. The van der Waals surface area contributed by atoms with Gasteiger partial charge in [-0.25, -0.2) is 18.7 Å². The second-order valence-corrected chi connectivity index (χ2v) is 4.34. The lowest BCUT2D eigenvalue weighted by atomic mass is 10.2. The minimum Gasteiger partial charge on any atom is -0.493 e. The highest BCUT2D eigenvalue weighted by Crippen LogP contribution is 2.37. The van der Waals surface area contributed by atoms with Crippen molar-refractivity contribution in [3.05, 3.63) is 23.1 Å². The van der Waals surface area contributed by atoms with Crippen LogP contribution in [0.25, 0.3) is 10.9 Å². The van der Waals surface area contributed by atoms with Crippen LogP contribution in [0.5, 0.6) is 11.5 Å². The maximum absolute atomic E-state index is 13.3. The summed E-state index contributed by atoms with van der Waals surface area (Å²) >= 11 is 5.77. The molecule has 0 bridgehead atoms. The van der Waals surface area contributed by atoms with Gasteiger partial charge in [-0.15, -0.1) is 0 Å². The Bertz CT molecular complexity index is 682. The fraction of sp³-hybridized carbons (Fsp3) is 0.333. The Morgan fingerprint density at radius 2 is 1.67 bits per heavy atom. The van der Waals surface area contributed by atoms with Gasteiger partial charge in [0.05, 0.1) is 19.7 Å². The van der Waals surface area contributed by atoms with Crippen LogP contribution in [-0.2, 0) is 5.92 Å². The topological polar surface area (TPSA) is 44.2 Å². The molecule has 0 radical (unpaired) electrons. The van der Waals surface area contributed by atoms with E-state index in [0.717, 1.165) is 0 Å². The molecule has 9 heteroatoms. The fourth-order valence-electron chi connectivity index (χ4n) is 1.66. The summed E-state index contributed by atoms with van der Waals surface area (Å²) in [5.74, 6) is -5.36. The van der Waals surface area contributed by atoms with Crippen LogP contribution in [0.4, 0.5) is 17.6 Å². The second kappa shape index (κ2) is 5.51. The van der Waals surface area contributed by atoms with Crippen LogP contribution < -0.4 is 9.47 Å². The molecule has 0 saturated heterocycles. The lowest BCUT2D eigenvalue weighted by molar-refractivity contribution is -0.140. The molecule has 0 aliphatic rings. The van der Waals surface area contributed by atoms with Crippen molar-refractivity contribution in [2.24, 2.45) is 0 Å². The third kappa shape index (κ3) is 2.67. The zero-order valence-corrected chi connectivity index (χ0v) is 11.6. The van der Waals surface area contributed by atoms with Gasteiger partial charge in [-0.2, -0.15) is 8.78 Å². The minimum atomic E-state index is -4.50. The van der Waals surface area contributed by atoms with Crippen molar-refractivity contribution in [1.29, 1.82) is 0 Å². The largest absolute Gasteiger partial charge is 0.493 e. The third-order valence-corrected chi connectivity index (χ3v) is 3.01. The third-order valence-electron chi connectivity index (χ3n) is 2.73. The molecule has 0 unspecified atom stereocenters. The number of rotatable bonds is 4. The molecule has 2 aromatic rings. The van der Waals surface area contributed by atoms with Crippen molar-refractivity contribution in [2.45, 2.75) is 12.3 Å². The van der Waals surface area contributed by atoms with Crippen LogP contribution >= 0.6 is 11.6 Å². The van der Waals surface area contributed by atoms with E-state index in [0.29, 0.717) is 0 Å².